The van der Waals surface area contributed by atoms with Crippen LogP contribution in [0.3, 0.4) is 0 Å². The molecule has 1 aromatic carbocycles. The summed E-state index contributed by atoms with van der Waals surface area (Å²) in [5, 5.41) is 13.6. The van der Waals surface area contributed by atoms with Crippen molar-refractivity contribution >= 4 is 5.97 Å². The minimum atomic E-state index is -0.392. The molecule has 0 unspecified atom stereocenters. The van der Waals surface area contributed by atoms with Gasteiger partial charge in [0.25, 0.3) is 0 Å². The molecule has 0 spiro atoms. The Morgan fingerprint density at radius 1 is 1.10 bits per heavy atom. The van der Waals surface area contributed by atoms with Crippen molar-refractivity contribution in [2.24, 2.45) is 0 Å². The number of benzene rings is 1. The maximum Gasteiger partial charge on any atom is 0.337 e. The average molecular weight is 289 g/mol. The highest BCUT2D eigenvalue weighted by Gasteiger charge is 2.29. The topological polar surface area (TPSA) is 53.7 Å². The highest BCUT2D eigenvalue weighted by molar-refractivity contribution is 5.90. The van der Waals surface area contributed by atoms with Crippen LogP contribution >= 0.6 is 0 Å². The zero-order chi connectivity index (χ0) is 16.4. The normalized spacial score (nSPS) is 11.6. The Morgan fingerprint density at radius 2 is 1.52 bits per heavy atom. The highest BCUT2D eigenvalue weighted by Crippen LogP contribution is 2.35. The second kappa shape index (κ2) is 5.77. The molecule has 1 aromatic rings. The van der Waals surface area contributed by atoms with Crippen molar-refractivity contribution in [3.63, 3.8) is 0 Å². The number of nitrogens with zero attached hydrogens (tertiary/aromatic N) is 1. The molecule has 0 atom stereocenters. The van der Waals surface area contributed by atoms with Crippen LogP contribution in [0.1, 0.15) is 68.6 Å². The largest absolute Gasteiger partial charge is 0.498 e. The molecule has 0 heterocycles. The Balaban J connectivity index is 3.82. The van der Waals surface area contributed by atoms with Crippen molar-refractivity contribution < 1.29 is 9.53 Å². The van der Waals surface area contributed by atoms with Gasteiger partial charge in [0.1, 0.15) is 5.56 Å². The number of carbonyl (C=O) groups excluding carboxylic acids is 1. The minimum Gasteiger partial charge on any atom is -0.498 e. The third kappa shape index (κ3) is 3.75. The lowest BCUT2D eigenvalue weighted by molar-refractivity contribution is 0.0600. The Bertz CT molecular complexity index is 573. The van der Waals surface area contributed by atoms with E-state index in [4.69, 9.17) is 4.74 Å². The molecule has 0 radical (unpaired) electrons. The van der Waals surface area contributed by atoms with Crippen molar-refractivity contribution in [2.45, 2.75) is 52.4 Å². The molecular formula is C17H23NO3. The summed E-state index contributed by atoms with van der Waals surface area (Å²) < 4.78 is 4.83. The van der Waals surface area contributed by atoms with E-state index in [9.17, 15) is 10.0 Å². The van der Waals surface area contributed by atoms with E-state index in [0.717, 1.165) is 11.1 Å². The van der Waals surface area contributed by atoms with Crippen molar-refractivity contribution in [3.8, 4) is 6.07 Å². The lowest BCUT2D eigenvalue weighted by Gasteiger charge is -2.27. The molecule has 114 valence electrons. The summed E-state index contributed by atoms with van der Waals surface area (Å²) in [5.41, 5.74) is 2.35. The van der Waals surface area contributed by atoms with E-state index < -0.39 is 5.97 Å². The zero-order valence-electron chi connectivity index (χ0n) is 13.8. The van der Waals surface area contributed by atoms with E-state index in [1.807, 2.05) is 41.5 Å². The Kier molecular flexibility index (Phi) is 4.68. The molecule has 0 aliphatic rings. The number of hydrogen-bond donors (Lipinski definition) is 0. The van der Waals surface area contributed by atoms with Gasteiger partial charge in [-0.1, -0.05) is 41.5 Å². The Labute approximate surface area is 126 Å². The fourth-order valence-corrected chi connectivity index (χ4v) is 2.23. The van der Waals surface area contributed by atoms with Crippen LogP contribution in [0.15, 0.2) is 12.1 Å². The predicted octanol–water partition coefficient (Wildman–Crippen LogP) is 4.25. The van der Waals surface area contributed by atoms with Crippen LogP contribution in [-0.2, 0) is 15.6 Å². The van der Waals surface area contributed by atoms with Gasteiger partial charge in [0.15, 0.2) is 0 Å². The van der Waals surface area contributed by atoms with E-state index in [0.29, 0.717) is 11.1 Å². The van der Waals surface area contributed by atoms with Crippen LogP contribution in [-0.4, -0.2) is 13.1 Å². The molecule has 0 amide bonds. The monoisotopic (exact) mass is 289 g/mol. The first-order chi connectivity index (χ1) is 9.52. The van der Waals surface area contributed by atoms with Gasteiger partial charge < -0.3 is 9.94 Å². The van der Waals surface area contributed by atoms with Gasteiger partial charge in [0.2, 0.25) is 0 Å². The average Bonchev–Trinajstić information content (AvgIpc) is 2.35. The fraction of sp³-hybridized carbons (Fsp3) is 0.529. The number of esters is 1. The van der Waals surface area contributed by atoms with Crippen LogP contribution in [0.5, 0.6) is 0 Å². The van der Waals surface area contributed by atoms with Gasteiger partial charge in [0, 0.05) is 5.01 Å². The predicted molar refractivity (Wildman–Crippen MR) is 84.9 cm³/mol. The van der Waals surface area contributed by atoms with E-state index in [1.54, 1.807) is 12.1 Å². The van der Waals surface area contributed by atoms with Gasteiger partial charge in [0.05, 0.1) is 12.7 Å². The lowest BCUT2D eigenvalue weighted by atomic mass is 9.75. The molecule has 1 rings (SSSR count). The quantitative estimate of drug-likeness (QED) is 0.573. The number of rotatable bonds is 1. The SMILES string of the molecule is COC(=O)c1cc(C(C)(C)C)c(C#[N+][O-])c(C(C)(C)C)c1. The van der Waals surface area contributed by atoms with Crippen LogP contribution < -0.4 is 0 Å². The van der Waals surface area contributed by atoms with Crippen LogP contribution in [0.25, 0.3) is 5.01 Å². The number of carbonyl (C=O) groups is 1. The molecule has 0 saturated heterocycles. The summed E-state index contributed by atoms with van der Waals surface area (Å²) in [7, 11) is 1.36. The van der Waals surface area contributed by atoms with E-state index >= 15 is 0 Å². The first-order valence-electron chi connectivity index (χ1n) is 6.88. The molecule has 0 aliphatic heterocycles. The summed E-state index contributed by atoms with van der Waals surface area (Å²) in [5.74, 6) is -0.392. The van der Waals surface area contributed by atoms with E-state index in [-0.39, 0.29) is 10.8 Å². The summed E-state index contributed by atoms with van der Waals surface area (Å²) in [6, 6.07) is 6.08. The van der Waals surface area contributed by atoms with Gasteiger partial charge in [-0.05, 0) is 34.1 Å². The third-order valence-electron chi connectivity index (χ3n) is 3.33. The van der Waals surface area contributed by atoms with Crippen LogP contribution in [0, 0.1) is 11.3 Å². The molecule has 0 fully saturated rings. The summed E-state index contributed by atoms with van der Waals surface area (Å²) in [4.78, 5) is 11.9. The zero-order valence-corrected chi connectivity index (χ0v) is 13.8. The number of methoxy groups -OCH3 is 1. The number of hydrogen-bond acceptors (Lipinski definition) is 3. The second-order valence-corrected chi connectivity index (χ2v) is 7.14. The standard InChI is InChI=1S/C17H23NO3/c1-16(2,3)13-8-11(15(19)21-7)9-14(17(4,5)6)12(13)10-18-20/h8-9H,1-7H3. The van der Waals surface area contributed by atoms with Gasteiger partial charge >= 0.3 is 12.0 Å². The number of ether oxygens (including phenoxy) is 1. The van der Waals surface area contributed by atoms with Crippen molar-refractivity contribution in [2.75, 3.05) is 7.11 Å². The van der Waals surface area contributed by atoms with Crippen molar-refractivity contribution in [3.05, 3.63) is 44.6 Å². The summed E-state index contributed by atoms with van der Waals surface area (Å²) in [6.45, 7) is 12.1. The second-order valence-electron chi connectivity index (χ2n) is 7.14. The maximum absolute atomic E-state index is 11.9. The smallest absolute Gasteiger partial charge is 0.337 e. The van der Waals surface area contributed by atoms with Crippen molar-refractivity contribution in [1.29, 1.82) is 0 Å². The maximum atomic E-state index is 11.9. The highest BCUT2D eigenvalue weighted by atomic mass is 16.5. The van der Waals surface area contributed by atoms with Crippen molar-refractivity contribution in [1.82, 2.24) is 0 Å². The third-order valence-corrected chi connectivity index (χ3v) is 3.33. The molecule has 0 bridgehead atoms. The Hall–Kier alpha value is -2.02. The van der Waals surface area contributed by atoms with Crippen LogP contribution in [0.2, 0.25) is 0 Å². The molecule has 4 nitrogen and oxygen atoms in total. The lowest BCUT2D eigenvalue weighted by Crippen LogP contribution is -2.21. The van der Waals surface area contributed by atoms with Gasteiger partial charge in [-0.2, -0.15) is 0 Å². The molecule has 0 saturated carbocycles. The molecular weight excluding hydrogens is 266 g/mol. The minimum absolute atomic E-state index is 0.253. The first-order valence-corrected chi connectivity index (χ1v) is 6.88. The van der Waals surface area contributed by atoms with E-state index in [2.05, 4.69) is 11.1 Å². The van der Waals surface area contributed by atoms with Gasteiger partial charge in [-0.25, -0.2) is 4.79 Å². The van der Waals surface area contributed by atoms with Gasteiger partial charge in [-0.15, -0.1) is 0 Å². The fourth-order valence-electron chi connectivity index (χ4n) is 2.23. The Morgan fingerprint density at radius 3 is 1.81 bits per heavy atom. The van der Waals surface area contributed by atoms with Crippen LogP contribution in [0.4, 0.5) is 0 Å². The summed E-state index contributed by atoms with van der Waals surface area (Å²) >= 11 is 0. The van der Waals surface area contributed by atoms with E-state index in [1.165, 1.54) is 7.11 Å². The molecule has 0 aliphatic carbocycles. The van der Waals surface area contributed by atoms with Gasteiger partial charge in [-0.3, -0.25) is 0 Å². The molecule has 21 heavy (non-hydrogen) atoms. The molecule has 4 heteroatoms. The molecule has 0 aromatic heterocycles. The summed E-state index contributed by atoms with van der Waals surface area (Å²) in [6.07, 6.45) is 0. The molecule has 0 N–H and O–H groups in total. The first kappa shape index (κ1) is 17.0.